The minimum atomic E-state index is -0.714. The van der Waals surface area contributed by atoms with E-state index in [4.69, 9.17) is 15.2 Å². The molecule has 0 atom stereocenters. The first-order valence-corrected chi connectivity index (χ1v) is 7.62. The van der Waals surface area contributed by atoms with Gasteiger partial charge in [-0.05, 0) is 43.2 Å². The number of hydrogen-bond acceptors (Lipinski definition) is 4. The van der Waals surface area contributed by atoms with Gasteiger partial charge in [-0.15, -0.1) is 0 Å². The fourth-order valence-electron chi connectivity index (χ4n) is 2.01. The number of primary amides is 1. The van der Waals surface area contributed by atoms with Crippen molar-refractivity contribution in [3.63, 3.8) is 0 Å². The van der Waals surface area contributed by atoms with Crippen molar-refractivity contribution in [1.82, 2.24) is 5.43 Å². The van der Waals surface area contributed by atoms with Crippen LogP contribution in [0.15, 0.2) is 47.6 Å². The fraction of sp³-hybridized carbons (Fsp3) is 0.222. The molecule has 6 heteroatoms. The molecule has 2 aromatic carbocycles. The molecule has 0 saturated heterocycles. The molecule has 0 aliphatic carbocycles. The molecular weight excluding hydrogens is 306 g/mol. The lowest BCUT2D eigenvalue weighted by atomic mass is 10.2. The number of hydrogen-bond donors (Lipinski definition) is 2. The molecule has 0 fully saturated rings. The van der Waals surface area contributed by atoms with E-state index in [0.717, 1.165) is 11.1 Å². The molecule has 3 N–H and O–H groups in total. The van der Waals surface area contributed by atoms with E-state index in [-0.39, 0.29) is 0 Å². The van der Waals surface area contributed by atoms with Crippen molar-refractivity contribution in [1.29, 1.82) is 0 Å². The van der Waals surface area contributed by atoms with Gasteiger partial charge in [-0.25, -0.2) is 10.2 Å². The topological polar surface area (TPSA) is 85.9 Å². The summed E-state index contributed by atoms with van der Waals surface area (Å²) < 4.78 is 11.5. The summed E-state index contributed by atoms with van der Waals surface area (Å²) in [5.74, 6) is 1.27. The molecule has 0 aliphatic heterocycles. The van der Waals surface area contributed by atoms with Gasteiger partial charge in [-0.1, -0.05) is 29.8 Å². The predicted molar refractivity (Wildman–Crippen MR) is 93.4 cm³/mol. The van der Waals surface area contributed by atoms with Crippen LogP contribution >= 0.6 is 0 Å². The average Bonchev–Trinajstić information content (AvgIpc) is 2.55. The maximum atomic E-state index is 10.6. The second-order valence-electron chi connectivity index (χ2n) is 5.15. The Kier molecular flexibility index (Phi) is 6.19. The molecular formula is C18H21N3O3. The molecule has 2 rings (SSSR count). The second-order valence-corrected chi connectivity index (χ2v) is 5.15. The monoisotopic (exact) mass is 327 g/mol. The summed E-state index contributed by atoms with van der Waals surface area (Å²) in [7, 11) is 0. The Morgan fingerprint density at radius 1 is 1.17 bits per heavy atom. The molecule has 126 valence electrons. The molecule has 0 spiro atoms. The minimum Gasteiger partial charge on any atom is -0.490 e. The van der Waals surface area contributed by atoms with Crippen LogP contribution in [0.5, 0.6) is 11.5 Å². The van der Waals surface area contributed by atoms with Crippen molar-refractivity contribution in [3.8, 4) is 11.5 Å². The molecule has 0 saturated carbocycles. The number of nitrogens with two attached hydrogens (primary N) is 1. The Morgan fingerprint density at radius 3 is 2.58 bits per heavy atom. The van der Waals surface area contributed by atoms with Gasteiger partial charge in [0.05, 0.1) is 12.8 Å². The Hall–Kier alpha value is -3.02. The summed E-state index contributed by atoms with van der Waals surface area (Å²) in [5, 5.41) is 3.73. The summed E-state index contributed by atoms with van der Waals surface area (Å²) in [6.07, 6.45) is 1.48. The zero-order valence-electron chi connectivity index (χ0n) is 13.8. The van der Waals surface area contributed by atoms with Crippen molar-refractivity contribution >= 4 is 12.2 Å². The summed E-state index contributed by atoms with van der Waals surface area (Å²) in [6.45, 7) is 4.92. The smallest absolute Gasteiger partial charge is 0.332 e. The van der Waals surface area contributed by atoms with Crippen LogP contribution in [0.4, 0.5) is 4.79 Å². The number of hydrazone groups is 1. The van der Waals surface area contributed by atoms with Crippen molar-refractivity contribution in [2.45, 2.75) is 20.5 Å². The molecule has 24 heavy (non-hydrogen) atoms. The lowest BCUT2D eigenvalue weighted by Gasteiger charge is -2.12. The van der Waals surface area contributed by atoms with E-state index >= 15 is 0 Å². The first-order valence-electron chi connectivity index (χ1n) is 7.62. The number of nitrogens with zero attached hydrogens (tertiary/aromatic N) is 1. The number of aryl methyl sites for hydroxylation is 1. The highest BCUT2D eigenvalue weighted by atomic mass is 16.5. The summed E-state index contributed by atoms with van der Waals surface area (Å²) in [5.41, 5.74) is 10.2. The largest absolute Gasteiger partial charge is 0.490 e. The van der Waals surface area contributed by atoms with Crippen LogP contribution in [0.3, 0.4) is 0 Å². The van der Waals surface area contributed by atoms with Gasteiger partial charge >= 0.3 is 6.03 Å². The van der Waals surface area contributed by atoms with Crippen LogP contribution in [-0.4, -0.2) is 18.9 Å². The average molecular weight is 327 g/mol. The van der Waals surface area contributed by atoms with E-state index < -0.39 is 6.03 Å². The highest BCUT2D eigenvalue weighted by Gasteiger charge is 2.06. The summed E-state index contributed by atoms with van der Waals surface area (Å²) in [4.78, 5) is 10.6. The van der Waals surface area contributed by atoms with Crippen LogP contribution in [0.2, 0.25) is 0 Å². The Labute approximate surface area is 141 Å². The van der Waals surface area contributed by atoms with Crippen molar-refractivity contribution in [2.75, 3.05) is 6.61 Å². The highest BCUT2D eigenvalue weighted by Crippen LogP contribution is 2.28. The van der Waals surface area contributed by atoms with E-state index in [9.17, 15) is 4.79 Å². The van der Waals surface area contributed by atoms with Gasteiger partial charge < -0.3 is 15.2 Å². The summed E-state index contributed by atoms with van der Waals surface area (Å²) in [6, 6.07) is 12.9. The Bertz CT molecular complexity index is 712. The van der Waals surface area contributed by atoms with E-state index in [1.54, 1.807) is 6.07 Å². The molecule has 0 radical (unpaired) electrons. The van der Waals surface area contributed by atoms with Gasteiger partial charge in [0.1, 0.15) is 6.61 Å². The molecule has 0 heterocycles. The van der Waals surface area contributed by atoms with Crippen molar-refractivity contribution < 1.29 is 14.3 Å². The number of carbonyl (C=O) groups excluding carboxylic acids is 1. The normalized spacial score (nSPS) is 10.6. The van der Waals surface area contributed by atoms with Crippen LogP contribution in [-0.2, 0) is 6.61 Å². The van der Waals surface area contributed by atoms with Crippen LogP contribution in [0.1, 0.15) is 23.6 Å². The quantitative estimate of drug-likeness (QED) is 0.605. The zero-order chi connectivity index (χ0) is 17.4. The van der Waals surface area contributed by atoms with Crippen molar-refractivity contribution in [3.05, 3.63) is 59.2 Å². The highest BCUT2D eigenvalue weighted by molar-refractivity contribution is 5.82. The fourth-order valence-corrected chi connectivity index (χ4v) is 2.01. The van der Waals surface area contributed by atoms with Gasteiger partial charge in [-0.3, -0.25) is 0 Å². The molecule has 0 aromatic heterocycles. The molecule has 0 aliphatic rings. The third kappa shape index (κ3) is 5.31. The maximum Gasteiger partial charge on any atom is 0.332 e. The van der Waals surface area contributed by atoms with E-state index in [1.165, 1.54) is 11.8 Å². The SMILES string of the molecule is CCOc1cc(/C=N\NC(N)=O)ccc1OCc1ccc(C)cc1. The number of amides is 2. The number of rotatable bonds is 7. The Balaban J connectivity index is 2.09. The first kappa shape index (κ1) is 17.3. The molecule has 0 unspecified atom stereocenters. The predicted octanol–water partition coefficient (Wildman–Crippen LogP) is 2.97. The first-order chi connectivity index (χ1) is 11.6. The van der Waals surface area contributed by atoms with E-state index in [0.29, 0.717) is 24.7 Å². The van der Waals surface area contributed by atoms with Gasteiger partial charge in [0, 0.05) is 0 Å². The number of ether oxygens (including phenoxy) is 2. The third-order valence-electron chi connectivity index (χ3n) is 3.17. The van der Waals surface area contributed by atoms with E-state index in [2.05, 4.69) is 10.5 Å². The van der Waals surface area contributed by atoms with Crippen LogP contribution in [0.25, 0.3) is 0 Å². The molecule has 6 nitrogen and oxygen atoms in total. The van der Waals surface area contributed by atoms with E-state index in [1.807, 2.05) is 50.2 Å². The number of benzene rings is 2. The standard InChI is InChI=1S/C18H21N3O3/c1-3-23-17-10-15(11-20-21-18(19)22)8-9-16(17)24-12-14-6-4-13(2)5-7-14/h4-11H,3,12H2,1-2H3,(H3,19,21,22)/b20-11-. The number of urea groups is 1. The minimum absolute atomic E-state index is 0.455. The van der Waals surface area contributed by atoms with Crippen molar-refractivity contribution in [2.24, 2.45) is 10.8 Å². The lowest BCUT2D eigenvalue weighted by molar-refractivity contribution is 0.249. The molecule has 2 aromatic rings. The van der Waals surface area contributed by atoms with Gasteiger partial charge in [0.25, 0.3) is 0 Å². The third-order valence-corrected chi connectivity index (χ3v) is 3.17. The molecule has 0 bridgehead atoms. The van der Waals surface area contributed by atoms with Crippen LogP contribution in [0, 0.1) is 6.92 Å². The van der Waals surface area contributed by atoms with Gasteiger partial charge in [0.2, 0.25) is 0 Å². The Morgan fingerprint density at radius 2 is 1.92 bits per heavy atom. The molecule has 2 amide bonds. The van der Waals surface area contributed by atoms with Crippen LogP contribution < -0.4 is 20.6 Å². The number of nitrogens with one attached hydrogen (secondary N) is 1. The second kappa shape index (κ2) is 8.57. The van der Waals surface area contributed by atoms with Gasteiger partial charge in [0.15, 0.2) is 11.5 Å². The maximum absolute atomic E-state index is 10.6. The lowest BCUT2D eigenvalue weighted by Crippen LogP contribution is -2.24. The number of carbonyl (C=O) groups is 1. The van der Waals surface area contributed by atoms with Gasteiger partial charge in [-0.2, -0.15) is 5.10 Å². The zero-order valence-corrected chi connectivity index (χ0v) is 13.8. The summed E-state index contributed by atoms with van der Waals surface area (Å²) >= 11 is 0.